The Labute approximate surface area is 153 Å². The van der Waals surface area contributed by atoms with Crippen molar-refractivity contribution in [3.05, 3.63) is 60.4 Å². The van der Waals surface area contributed by atoms with Crippen molar-refractivity contribution in [3.8, 4) is 0 Å². The van der Waals surface area contributed by atoms with E-state index in [4.69, 9.17) is 0 Å². The van der Waals surface area contributed by atoms with Crippen LogP contribution in [0, 0.1) is 5.92 Å². The van der Waals surface area contributed by atoms with Crippen molar-refractivity contribution in [1.82, 2.24) is 14.8 Å². The van der Waals surface area contributed by atoms with Crippen molar-refractivity contribution in [3.63, 3.8) is 0 Å². The molecule has 2 heterocycles. The van der Waals surface area contributed by atoms with Crippen molar-refractivity contribution in [1.29, 1.82) is 0 Å². The van der Waals surface area contributed by atoms with E-state index in [1.165, 1.54) is 0 Å². The number of hydrogen-bond donors (Lipinski definition) is 1. The van der Waals surface area contributed by atoms with Crippen molar-refractivity contribution >= 4 is 17.6 Å². The van der Waals surface area contributed by atoms with Gasteiger partial charge in [-0.1, -0.05) is 30.3 Å². The molecule has 0 bridgehead atoms. The number of carbonyl (C=O) groups excluding carboxylic acids is 2. The quantitative estimate of drug-likeness (QED) is 0.920. The lowest BCUT2D eigenvalue weighted by Gasteiger charge is -2.33. The van der Waals surface area contributed by atoms with Gasteiger partial charge in [0.05, 0.1) is 11.9 Å². The number of likely N-dealkylation sites (tertiary alicyclic amines) is 1. The molecule has 6 heteroatoms. The lowest BCUT2D eigenvalue weighted by Crippen LogP contribution is -2.44. The average Bonchev–Trinajstić information content (AvgIpc) is 2.69. The summed E-state index contributed by atoms with van der Waals surface area (Å²) in [5.41, 5.74) is 1.80. The van der Waals surface area contributed by atoms with Gasteiger partial charge in [0.15, 0.2) is 0 Å². The summed E-state index contributed by atoms with van der Waals surface area (Å²) >= 11 is 0. The highest BCUT2D eigenvalue weighted by Gasteiger charge is 2.29. The summed E-state index contributed by atoms with van der Waals surface area (Å²) in [5.74, 6) is 0.132. The van der Waals surface area contributed by atoms with Gasteiger partial charge in [0.1, 0.15) is 0 Å². The second-order valence-corrected chi connectivity index (χ2v) is 6.61. The molecule has 0 unspecified atom stereocenters. The summed E-state index contributed by atoms with van der Waals surface area (Å²) in [7, 11) is 1.84. The lowest BCUT2D eigenvalue weighted by molar-refractivity contribution is -0.136. The van der Waals surface area contributed by atoms with Crippen LogP contribution >= 0.6 is 0 Å². The minimum Gasteiger partial charge on any atom is -0.341 e. The van der Waals surface area contributed by atoms with Crippen molar-refractivity contribution < 1.29 is 9.59 Å². The molecule has 3 amide bonds. The van der Waals surface area contributed by atoms with E-state index in [0.29, 0.717) is 38.2 Å². The lowest BCUT2D eigenvalue weighted by atomic mass is 9.95. The molecule has 1 saturated heterocycles. The third-order valence-corrected chi connectivity index (χ3v) is 4.68. The van der Waals surface area contributed by atoms with E-state index in [1.807, 2.05) is 37.4 Å². The fraction of sp³-hybridized carbons (Fsp3) is 0.350. The minimum absolute atomic E-state index is 0.0221. The zero-order valence-electron chi connectivity index (χ0n) is 15.0. The van der Waals surface area contributed by atoms with Crippen LogP contribution in [-0.2, 0) is 11.3 Å². The fourth-order valence-electron chi connectivity index (χ4n) is 3.22. The van der Waals surface area contributed by atoms with E-state index in [2.05, 4.69) is 10.3 Å². The number of carbonyl (C=O) groups is 2. The van der Waals surface area contributed by atoms with Gasteiger partial charge in [-0.15, -0.1) is 0 Å². The maximum absolute atomic E-state index is 12.7. The first kappa shape index (κ1) is 17.9. The Morgan fingerprint density at radius 1 is 1.15 bits per heavy atom. The molecule has 6 nitrogen and oxygen atoms in total. The topological polar surface area (TPSA) is 65.5 Å². The third-order valence-electron chi connectivity index (χ3n) is 4.68. The SMILES string of the molecule is CN(Cc1ccccc1)C(=O)C1CCN(C(=O)Nc2cccnc2)CC1. The molecule has 0 aliphatic carbocycles. The standard InChI is InChI=1S/C20H24N4O2/c1-23(15-16-6-3-2-4-7-16)19(25)17-9-12-24(13-10-17)20(26)22-18-8-5-11-21-14-18/h2-8,11,14,17H,9-10,12-13,15H2,1H3,(H,22,26). The van der Waals surface area contributed by atoms with Gasteiger partial charge >= 0.3 is 6.03 Å². The summed E-state index contributed by atoms with van der Waals surface area (Å²) in [6.07, 6.45) is 4.67. The normalized spacial score (nSPS) is 14.7. The fourth-order valence-corrected chi connectivity index (χ4v) is 3.22. The second-order valence-electron chi connectivity index (χ2n) is 6.61. The van der Waals surface area contributed by atoms with E-state index in [0.717, 1.165) is 5.56 Å². The zero-order valence-corrected chi connectivity index (χ0v) is 15.0. The average molecular weight is 352 g/mol. The van der Waals surface area contributed by atoms with Crippen molar-refractivity contribution in [2.45, 2.75) is 19.4 Å². The summed E-state index contributed by atoms with van der Waals surface area (Å²) in [4.78, 5) is 32.5. The van der Waals surface area contributed by atoms with Crippen LogP contribution in [0.4, 0.5) is 10.5 Å². The molecule has 0 radical (unpaired) electrons. The maximum atomic E-state index is 12.7. The highest BCUT2D eigenvalue weighted by atomic mass is 16.2. The second kappa shape index (κ2) is 8.47. The Morgan fingerprint density at radius 3 is 2.54 bits per heavy atom. The van der Waals surface area contributed by atoms with Crippen LogP contribution < -0.4 is 5.32 Å². The van der Waals surface area contributed by atoms with Gasteiger partial charge in [-0.25, -0.2) is 4.79 Å². The van der Waals surface area contributed by atoms with E-state index >= 15 is 0 Å². The minimum atomic E-state index is -0.137. The molecule has 1 aliphatic heterocycles. The van der Waals surface area contributed by atoms with Crippen LogP contribution in [0.25, 0.3) is 0 Å². The number of urea groups is 1. The summed E-state index contributed by atoms with van der Waals surface area (Å²) < 4.78 is 0. The van der Waals surface area contributed by atoms with Crippen LogP contribution in [0.2, 0.25) is 0 Å². The number of nitrogens with one attached hydrogen (secondary N) is 1. The monoisotopic (exact) mass is 352 g/mol. The predicted octanol–water partition coefficient (Wildman–Crippen LogP) is 2.98. The van der Waals surface area contributed by atoms with Crippen LogP contribution in [-0.4, -0.2) is 46.9 Å². The van der Waals surface area contributed by atoms with E-state index < -0.39 is 0 Å². The number of amides is 3. The first-order valence-corrected chi connectivity index (χ1v) is 8.88. The molecule has 1 N–H and O–H groups in total. The molecule has 26 heavy (non-hydrogen) atoms. The van der Waals surface area contributed by atoms with Crippen molar-refractivity contribution in [2.75, 3.05) is 25.5 Å². The molecule has 3 rings (SSSR count). The molecule has 2 aromatic rings. The summed E-state index contributed by atoms with van der Waals surface area (Å²) in [6, 6.07) is 13.4. The number of pyridine rings is 1. The Morgan fingerprint density at radius 2 is 1.88 bits per heavy atom. The number of nitrogens with zero attached hydrogens (tertiary/aromatic N) is 3. The van der Waals surface area contributed by atoms with E-state index in [1.54, 1.807) is 34.3 Å². The third kappa shape index (κ3) is 4.59. The van der Waals surface area contributed by atoms with Crippen LogP contribution in [0.15, 0.2) is 54.9 Å². The summed E-state index contributed by atoms with van der Waals surface area (Å²) in [6.45, 7) is 1.78. The summed E-state index contributed by atoms with van der Waals surface area (Å²) in [5, 5.41) is 2.84. The van der Waals surface area contributed by atoms with Gasteiger partial charge in [0, 0.05) is 38.8 Å². The highest BCUT2D eigenvalue weighted by Crippen LogP contribution is 2.21. The molecule has 136 valence electrons. The van der Waals surface area contributed by atoms with Crippen molar-refractivity contribution in [2.24, 2.45) is 5.92 Å². The number of piperidine rings is 1. The molecule has 0 spiro atoms. The van der Waals surface area contributed by atoms with Gasteiger partial charge in [0.25, 0.3) is 0 Å². The Bertz CT molecular complexity index is 728. The molecule has 1 fully saturated rings. The number of hydrogen-bond acceptors (Lipinski definition) is 3. The number of aromatic nitrogens is 1. The first-order valence-electron chi connectivity index (χ1n) is 8.88. The van der Waals surface area contributed by atoms with E-state index in [-0.39, 0.29) is 17.9 Å². The van der Waals surface area contributed by atoms with Gasteiger partial charge in [-0.3, -0.25) is 9.78 Å². The Kier molecular flexibility index (Phi) is 5.84. The number of anilines is 1. The molecule has 0 atom stereocenters. The maximum Gasteiger partial charge on any atom is 0.321 e. The number of rotatable bonds is 4. The molecule has 1 aromatic heterocycles. The molecule has 1 aliphatic rings. The molecular weight excluding hydrogens is 328 g/mol. The molecular formula is C20H24N4O2. The highest BCUT2D eigenvalue weighted by molar-refractivity contribution is 5.89. The Hall–Kier alpha value is -2.89. The predicted molar refractivity (Wildman–Crippen MR) is 100 cm³/mol. The smallest absolute Gasteiger partial charge is 0.321 e. The molecule has 1 aromatic carbocycles. The van der Waals surface area contributed by atoms with Gasteiger partial charge in [-0.2, -0.15) is 0 Å². The van der Waals surface area contributed by atoms with Gasteiger partial charge < -0.3 is 15.1 Å². The van der Waals surface area contributed by atoms with Crippen LogP contribution in [0.5, 0.6) is 0 Å². The van der Waals surface area contributed by atoms with E-state index in [9.17, 15) is 9.59 Å². The number of benzene rings is 1. The van der Waals surface area contributed by atoms with Crippen LogP contribution in [0.3, 0.4) is 0 Å². The van der Waals surface area contributed by atoms with Gasteiger partial charge in [-0.05, 0) is 30.5 Å². The first-order chi connectivity index (χ1) is 12.6. The molecule has 0 saturated carbocycles. The van der Waals surface area contributed by atoms with Crippen LogP contribution in [0.1, 0.15) is 18.4 Å². The Balaban J connectivity index is 1.48. The largest absolute Gasteiger partial charge is 0.341 e. The zero-order chi connectivity index (χ0) is 18.4. The van der Waals surface area contributed by atoms with Gasteiger partial charge in [0.2, 0.25) is 5.91 Å².